The number of rotatable bonds is 2. The Morgan fingerprint density at radius 2 is 1.44 bits per heavy atom. The van der Waals surface area contributed by atoms with Gasteiger partial charge in [-0.25, -0.2) is 0 Å². The second-order valence-electron chi connectivity index (χ2n) is 5.82. The first-order valence-corrected chi connectivity index (χ1v) is 7.80. The number of phenolic OH excluding ortho intramolecular Hbond substituents is 2. The molecule has 0 amide bonds. The number of benzene rings is 3. The average molecular weight is 326 g/mol. The van der Waals surface area contributed by atoms with Crippen molar-refractivity contribution in [2.75, 3.05) is 0 Å². The molecule has 4 aromatic rings. The number of aromatic amines is 1. The number of phenols is 2. The molecule has 25 heavy (non-hydrogen) atoms. The van der Waals surface area contributed by atoms with Crippen LogP contribution in [0.5, 0.6) is 11.5 Å². The second-order valence-corrected chi connectivity index (χ2v) is 5.82. The summed E-state index contributed by atoms with van der Waals surface area (Å²) in [5.74, 6) is 0.0836. The van der Waals surface area contributed by atoms with E-state index in [2.05, 4.69) is 11.1 Å². The van der Waals surface area contributed by atoms with Crippen LogP contribution < -0.4 is 0 Å². The first kappa shape index (κ1) is 14.9. The number of hydrogen-bond acceptors (Lipinski definition) is 3. The Balaban J connectivity index is 1.77. The van der Waals surface area contributed by atoms with Crippen LogP contribution in [0.2, 0.25) is 0 Å². The molecule has 0 aliphatic carbocycles. The smallest absolute Gasteiger partial charge is 0.127 e. The van der Waals surface area contributed by atoms with Gasteiger partial charge in [-0.15, -0.1) is 0 Å². The molecule has 4 nitrogen and oxygen atoms in total. The molecule has 120 valence electrons. The van der Waals surface area contributed by atoms with Crippen LogP contribution in [0, 0.1) is 11.3 Å². The molecule has 0 fully saturated rings. The van der Waals surface area contributed by atoms with E-state index in [1.54, 1.807) is 24.4 Å². The Labute approximate surface area is 144 Å². The number of aromatic hydroxyl groups is 2. The van der Waals surface area contributed by atoms with E-state index >= 15 is 0 Å². The predicted molar refractivity (Wildman–Crippen MR) is 97.2 cm³/mol. The lowest BCUT2D eigenvalue weighted by atomic mass is 9.98. The number of aromatic nitrogens is 1. The van der Waals surface area contributed by atoms with Crippen molar-refractivity contribution < 1.29 is 10.2 Å². The zero-order valence-corrected chi connectivity index (χ0v) is 13.2. The number of nitriles is 1. The maximum atomic E-state index is 9.99. The highest BCUT2D eigenvalue weighted by Crippen LogP contribution is 2.37. The lowest BCUT2D eigenvalue weighted by molar-refractivity contribution is 0.454. The third-order valence-corrected chi connectivity index (χ3v) is 4.33. The third kappa shape index (κ3) is 2.48. The number of fused-ring (bicyclic) bond motifs is 1. The monoisotopic (exact) mass is 326 g/mol. The molecular weight excluding hydrogens is 312 g/mol. The summed E-state index contributed by atoms with van der Waals surface area (Å²) in [4.78, 5) is 3.08. The lowest BCUT2D eigenvalue weighted by Crippen LogP contribution is -1.83. The first-order valence-electron chi connectivity index (χ1n) is 7.80. The van der Waals surface area contributed by atoms with Crippen molar-refractivity contribution in [2.45, 2.75) is 0 Å². The minimum Gasteiger partial charge on any atom is -0.507 e. The molecule has 0 aliphatic rings. The minimum atomic E-state index is 0.0418. The van der Waals surface area contributed by atoms with Crippen LogP contribution in [0.4, 0.5) is 0 Å². The summed E-state index contributed by atoms with van der Waals surface area (Å²) < 4.78 is 0. The Morgan fingerprint density at radius 3 is 2.12 bits per heavy atom. The maximum absolute atomic E-state index is 9.99. The molecule has 4 heteroatoms. The van der Waals surface area contributed by atoms with Gasteiger partial charge in [-0.05, 0) is 41.0 Å². The lowest BCUT2D eigenvalue weighted by Gasteiger charge is -2.09. The highest BCUT2D eigenvalue weighted by molar-refractivity contribution is 5.90. The number of H-pyrrole nitrogens is 1. The largest absolute Gasteiger partial charge is 0.507 e. The van der Waals surface area contributed by atoms with E-state index < -0.39 is 0 Å². The summed E-state index contributed by atoms with van der Waals surface area (Å²) in [6.45, 7) is 0. The van der Waals surface area contributed by atoms with Crippen LogP contribution >= 0.6 is 0 Å². The third-order valence-electron chi connectivity index (χ3n) is 4.33. The quantitative estimate of drug-likeness (QED) is 0.495. The Kier molecular flexibility index (Phi) is 3.41. The molecule has 1 aromatic heterocycles. The highest BCUT2D eigenvalue weighted by atomic mass is 16.3. The predicted octanol–water partition coefficient (Wildman–Crippen LogP) is 4.78. The second kappa shape index (κ2) is 5.73. The number of hydrogen-bond donors (Lipinski definition) is 3. The maximum Gasteiger partial charge on any atom is 0.127 e. The van der Waals surface area contributed by atoms with Gasteiger partial charge in [0.25, 0.3) is 0 Å². The van der Waals surface area contributed by atoms with Crippen molar-refractivity contribution in [3.05, 3.63) is 72.4 Å². The SMILES string of the molecule is N#Cc1c[nH]c2ccc(-c3ccc(-c4c(O)cccc4O)cc3)cc12. The fourth-order valence-electron chi connectivity index (χ4n) is 3.05. The molecule has 3 aromatic carbocycles. The van der Waals surface area contributed by atoms with Crippen LogP contribution in [-0.4, -0.2) is 15.2 Å². The number of nitrogens with zero attached hydrogens (tertiary/aromatic N) is 1. The summed E-state index contributed by atoms with van der Waals surface area (Å²) in [6.07, 6.45) is 1.71. The molecule has 3 N–H and O–H groups in total. The van der Waals surface area contributed by atoms with Crippen LogP contribution in [0.3, 0.4) is 0 Å². The number of nitrogens with one attached hydrogen (secondary N) is 1. The fraction of sp³-hybridized carbons (Fsp3) is 0. The van der Waals surface area contributed by atoms with Gasteiger partial charge in [-0.2, -0.15) is 5.26 Å². The van der Waals surface area contributed by atoms with E-state index in [0.717, 1.165) is 27.6 Å². The molecular formula is C21H14N2O2. The van der Waals surface area contributed by atoms with Gasteiger partial charge in [0.2, 0.25) is 0 Å². The molecule has 0 radical (unpaired) electrons. The van der Waals surface area contributed by atoms with Gasteiger partial charge in [0, 0.05) is 17.1 Å². The van der Waals surface area contributed by atoms with Gasteiger partial charge in [0.15, 0.2) is 0 Å². The van der Waals surface area contributed by atoms with E-state index in [4.69, 9.17) is 0 Å². The van der Waals surface area contributed by atoms with Gasteiger partial charge in [0.05, 0.1) is 11.1 Å². The Hall–Kier alpha value is -3.71. The Bertz CT molecular complexity index is 1100. The van der Waals surface area contributed by atoms with Crippen molar-refractivity contribution in [1.82, 2.24) is 4.98 Å². The standard InChI is InChI=1S/C21H14N2O2/c22-11-16-12-23-18-9-8-15(10-17(16)18)13-4-6-14(7-5-13)21-19(24)2-1-3-20(21)25/h1-10,12,23-25H. The van der Waals surface area contributed by atoms with E-state index in [1.807, 2.05) is 42.5 Å². The highest BCUT2D eigenvalue weighted by Gasteiger charge is 2.10. The molecule has 0 bridgehead atoms. The molecule has 1 heterocycles. The summed E-state index contributed by atoms with van der Waals surface area (Å²) in [7, 11) is 0. The van der Waals surface area contributed by atoms with E-state index in [-0.39, 0.29) is 11.5 Å². The average Bonchev–Trinajstić information content (AvgIpc) is 3.04. The summed E-state index contributed by atoms with van der Waals surface area (Å²) in [5, 5.41) is 30.1. The van der Waals surface area contributed by atoms with Crippen LogP contribution in [0.1, 0.15) is 5.56 Å². The molecule has 4 rings (SSSR count). The fourth-order valence-corrected chi connectivity index (χ4v) is 3.05. The van der Waals surface area contributed by atoms with Crippen molar-refractivity contribution in [1.29, 1.82) is 5.26 Å². The van der Waals surface area contributed by atoms with Crippen LogP contribution in [0.25, 0.3) is 33.2 Å². The van der Waals surface area contributed by atoms with Gasteiger partial charge < -0.3 is 15.2 Å². The molecule has 0 saturated heterocycles. The van der Waals surface area contributed by atoms with Gasteiger partial charge >= 0.3 is 0 Å². The van der Waals surface area contributed by atoms with Crippen LogP contribution in [0.15, 0.2) is 66.9 Å². The summed E-state index contributed by atoms with van der Waals surface area (Å²) in [5.41, 5.74) is 4.69. The topological polar surface area (TPSA) is 80.0 Å². The molecule has 0 atom stereocenters. The zero-order valence-electron chi connectivity index (χ0n) is 13.2. The van der Waals surface area contributed by atoms with E-state index in [1.165, 1.54) is 0 Å². The van der Waals surface area contributed by atoms with Crippen molar-refractivity contribution in [2.24, 2.45) is 0 Å². The van der Waals surface area contributed by atoms with Crippen molar-refractivity contribution >= 4 is 10.9 Å². The molecule has 0 unspecified atom stereocenters. The molecule has 0 aliphatic heterocycles. The van der Waals surface area contributed by atoms with E-state index in [0.29, 0.717) is 11.1 Å². The summed E-state index contributed by atoms with van der Waals surface area (Å²) >= 11 is 0. The van der Waals surface area contributed by atoms with Gasteiger partial charge in [0.1, 0.15) is 17.6 Å². The van der Waals surface area contributed by atoms with Crippen molar-refractivity contribution in [3.8, 4) is 39.8 Å². The van der Waals surface area contributed by atoms with Gasteiger partial charge in [-0.3, -0.25) is 0 Å². The van der Waals surface area contributed by atoms with E-state index in [9.17, 15) is 15.5 Å². The van der Waals surface area contributed by atoms with Crippen molar-refractivity contribution in [3.63, 3.8) is 0 Å². The normalized spacial score (nSPS) is 10.7. The van der Waals surface area contributed by atoms with Gasteiger partial charge in [-0.1, -0.05) is 36.4 Å². The Morgan fingerprint density at radius 1 is 0.800 bits per heavy atom. The summed E-state index contributed by atoms with van der Waals surface area (Å²) in [6, 6.07) is 20.4. The minimum absolute atomic E-state index is 0.0418. The van der Waals surface area contributed by atoms with Crippen LogP contribution in [-0.2, 0) is 0 Å². The molecule has 0 spiro atoms. The zero-order chi connectivity index (χ0) is 17.4. The first-order chi connectivity index (χ1) is 12.2. The molecule has 0 saturated carbocycles.